The first kappa shape index (κ1) is 9.95. The van der Waals surface area contributed by atoms with Gasteiger partial charge in [-0.1, -0.05) is 6.92 Å². The Kier molecular flexibility index (Phi) is 3.05. The minimum atomic E-state index is 0.0598. The second kappa shape index (κ2) is 4.29. The van der Waals surface area contributed by atoms with Crippen molar-refractivity contribution in [3.05, 3.63) is 0 Å². The molecule has 0 aromatic heterocycles. The van der Waals surface area contributed by atoms with E-state index in [0.717, 1.165) is 26.1 Å². The summed E-state index contributed by atoms with van der Waals surface area (Å²) < 4.78 is 11.1. The number of nitrogens with zero attached hydrogens (tertiary/aromatic N) is 1. The van der Waals surface area contributed by atoms with Crippen LogP contribution in [0.3, 0.4) is 0 Å². The molecule has 3 nitrogen and oxygen atoms in total. The maximum absolute atomic E-state index is 8.54. The van der Waals surface area contributed by atoms with Gasteiger partial charge in [-0.25, -0.2) is 0 Å². The van der Waals surface area contributed by atoms with Crippen LogP contribution in [0.25, 0.3) is 0 Å². The van der Waals surface area contributed by atoms with Crippen molar-refractivity contribution < 1.29 is 9.47 Å². The summed E-state index contributed by atoms with van der Waals surface area (Å²) >= 11 is 0. The lowest BCUT2D eigenvalue weighted by Gasteiger charge is -2.21. The summed E-state index contributed by atoms with van der Waals surface area (Å²) in [5.41, 5.74) is 0. The number of rotatable bonds is 3. The summed E-state index contributed by atoms with van der Waals surface area (Å²) in [5, 5.41) is 8.54. The Labute approximate surface area is 85.0 Å². The molecule has 2 fully saturated rings. The molecular weight excluding hydrogens is 178 g/mol. The Morgan fingerprint density at radius 3 is 3.14 bits per heavy atom. The van der Waals surface area contributed by atoms with Crippen LogP contribution in [0.2, 0.25) is 0 Å². The van der Waals surface area contributed by atoms with E-state index in [1.807, 2.05) is 0 Å². The van der Waals surface area contributed by atoms with Gasteiger partial charge in [0.25, 0.3) is 0 Å². The second-order valence-corrected chi connectivity index (χ2v) is 4.36. The third kappa shape index (κ3) is 1.77. The van der Waals surface area contributed by atoms with Crippen LogP contribution in [0.15, 0.2) is 0 Å². The van der Waals surface area contributed by atoms with Gasteiger partial charge in [0.2, 0.25) is 0 Å². The number of nitriles is 1. The summed E-state index contributed by atoms with van der Waals surface area (Å²) in [6.45, 7) is 3.89. The normalized spacial score (nSPS) is 37.9. The molecule has 14 heavy (non-hydrogen) atoms. The summed E-state index contributed by atoms with van der Waals surface area (Å²) in [6, 6.07) is 2.21. The van der Waals surface area contributed by atoms with Crippen molar-refractivity contribution in [1.29, 1.82) is 5.26 Å². The van der Waals surface area contributed by atoms with Crippen molar-refractivity contribution in [2.75, 3.05) is 13.2 Å². The highest BCUT2D eigenvalue weighted by molar-refractivity contribution is 4.86. The van der Waals surface area contributed by atoms with Gasteiger partial charge in [-0.15, -0.1) is 0 Å². The molecule has 0 spiro atoms. The zero-order chi connectivity index (χ0) is 9.97. The van der Waals surface area contributed by atoms with E-state index in [0.29, 0.717) is 24.2 Å². The molecule has 78 valence electrons. The van der Waals surface area contributed by atoms with Crippen LogP contribution in [0.1, 0.15) is 26.2 Å². The topological polar surface area (TPSA) is 42.2 Å². The number of fused-ring (bicyclic) bond motifs is 1. The molecule has 2 aliphatic rings. The van der Waals surface area contributed by atoms with E-state index in [4.69, 9.17) is 14.7 Å². The van der Waals surface area contributed by atoms with Gasteiger partial charge in [-0.3, -0.25) is 0 Å². The third-order valence-electron chi connectivity index (χ3n) is 3.53. The molecule has 0 unspecified atom stereocenters. The smallest absolute Gasteiger partial charge is 0.160 e. The van der Waals surface area contributed by atoms with E-state index in [1.165, 1.54) is 0 Å². The molecule has 4 atom stereocenters. The Morgan fingerprint density at radius 1 is 1.50 bits per heavy atom. The van der Waals surface area contributed by atoms with Crippen molar-refractivity contribution in [3.63, 3.8) is 0 Å². The predicted octanol–water partition coefficient (Wildman–Crippen LogP) is 1.94. The Bertz CT molecular complexity index is 236. The number of hydrogen-bond donors (Lipinski definition) is 0. The first-order chi connectivity index (χ1) is 6.83. The lowest BCUT2D eigenvalue weighted by molar-refractivity contribution is -0.0906. The van der Waals surface area contributed by atoms with Crippen molar-refractivity contribution in [3.8, 4) is 6.07 Å². The van der Waals surface area contributed by atoms with Crippen LogP contribution in [0.4, 0.5) is 0 Å². The van der Waals surface area contributed by atoms with Gasteiger partial charge in [0.15, 0.2) is 6.29 Å². The summed E-state index contributed by atoms with van der Waals surface area (Å²) in [7, 11) is 0. The van der Waals surface area contributed by atoms with E-state index >= 15 is 0 Å². The van der Waals surface area contributed by atoms with Gasteiger partial charge >= 0.3 is 0 Å². The Morgan fingerprint density at radius 2 is 2.36 bits per heavy atom. The molecular formula is C11H17NO2. The van der Waals surface area contributed by atoms with Gasteiger partial charge in [-0.2, -0.15) is 5.26 Å². The molecule has 0 N–H and O–H groups in total. The van der Waals surface area contributed by atoms with Gasteiger partial charge in [0.1, 0.15) is 0 Å². The van der Waals surface area contributed by atoms with E-state index < -0.39 is 0 Å². The fourth-order valence-electron chi connectivity index (χ4n) is 2.59. The molecule has 2 saturated heterocycles. The lowest BCUT2D eigenvalue weighted by atomic mass is 9.81. The van der Waals surface area contributed by atoms with Crippen molar-refractivity contribution >= 4 is 0 Å². The van der Waals surface area contributed by atoms with Gasteiger partial charge in [0, 0.05) is 12.3 Å². The van der Waals surface area contributed by atoms with E-state index in [-0.39, 0.29) is 6.29 Å². The maximum atomic E-state index is 8.54. The van der Waals surface area contributed by atoms with Gasteiger partial charge in [-0.05, 0) is 24.7 Å². The van der Waals surface area contributed by atoms with Crippen LogP contribution < -0.4 is 0 Å². The van der Waals surface area contributed by atoms with Crippen LogP contribution in [0, 0.1) is 29.1 Å². The summed E-state index contributed by atoms with van der Waals surface area (Å²) in [5.74, 6) is 1.78. The third-order valence-corrected chi connectivity index (χ3v) is 3.53. The highest BCUT2D eigenvalue weighted by Crippen LogP contribution is 2.40. The van der Waals surface area contributed by atoms with Gasteiger partial charge in [0.05, 0.1) is 19.3 Å². The first-order valence-electron chi connectivity index (χ1n) is 5.43. The van der Waals surface area contributed by atoms with Gasteiger partial charge < -0.3 is 9.47 Å². The van der Waals surface area contributed by atoms with Crippen molar-refractivity contribution in [2.24, 2.45) is 17.8 Å². The second-order valence-electron chi connectivity index (χ2n) is 4.36. The number of ether oxygens (including phenoxy) is 2. The SMILES string of the molecule is C[C@H](CCC#N)[C@H]1CO[C@H]2OCC[C@H]21. The first-order valence-corrected chi connectivity index (χ1v) is 5.43. The lowest BCUT2D eigenvalue weighted by Crippen LogP contribution is -2.21. The fourth-order valence-corrected chi connectivity index (χ4v) is 2.59. The summed E-state index contributed by atoms with van der Waals surface area (Å²) in [4.78, 5) is 0. The standard InChI is InChI=1S/C11H17NO2/c1-8(3-2-5-12)10-7-14-11-9(10)4-6-13-11/h8-11H,2-4,6-7H2,1H3/t8-,9+,10-,11-/m1/s1. The highest BCUT2D eigenvalue weighted by Gasteiger charge is 2.43. The summed E-state index contributed by atoms with van der Waals surface area (Å²) in [6.07, 6.45) is 2.85. The molecule has 3 heteroatoms. The molecule has 2 rings (SSSR count). The minimum Gasteiger partial charge on any atom is -0.352 e. The minimum absolute atomic E-state index is 0.0598. The molecule has 0 amide bonds. The zero-order valence-corrected chi connectivity index (χ0v) is 8.61. The fraction of sp³-hybridized carbons (Fsp3) is 0.909. The van der Waals surface area contributed by atoms with Crippen LogP contribution in [-0.2, 0) is 9.47 Å². The molecule has 2 heterocycles. The van der Waals surface area contributed by atoms with E-state index in [2.05, 4.69) is 13.0 Å². The average molecular weight is 195 g/mol. The quantitative estimate of drug-likeness (QED) is 0.691. The molecule has 0 bridgehead atoms. The van der Waals surface area contributed by atoms with E-state index in [9.17, 15) is 0 Å². The average Bonchev–Trinajstić information content (AvgIpc) is 2.74. The maximum Gasteiger partial charge on any atom is 0.160 e. The Balaban J connectivity index is 1.88. The predicted molar refractivity (Wildman–Crippen MR) is 51.3 cm³/mol. The largest absolute Gasteiger partial charge is 0.352 e. The van der Waals surface area contributed by atoms with Crippen molar-refractivity contribution in [2.45, 2.75) is 32.5 Å². The van der Waals surface area contributed by atoms with Crippen LogP contribution in [0.5, 0.6) is 0 Å². The highest BCUT2D eigenvalue weighted by atomic mass is 16.7. The van der Waals surface area contributed by atoms with E-state index in [1.54, 1.807) is 0 Å². The molecule has 2 aliphatic heterocycles. The van der Waals surface area contributed by atoms with Crippen LogP contribution >= 0.6 is 0 Å². The molecule has 0 aromatic rings. The molecule has 0 saturated carbocycles. The molecule has 0 aromatic carbocycles. The molecule has 0 radical (unpaired) electrons. The zero-order valence-electron chi connectivity index (χ0n) is 8.61. The Hall–Kier alpha value is -0.590. The monoisotopic (exact) mass is 195 g/mol. The number of hydrogen-bond acceptors (Lipinski definition) is 3. The van der Waals surface area contributed by atoms with Crippen LogP contribution in [-0.4, -0.2) is 19.5 Å². The molecule has 0 aliphatic carbocycles. The van der Waals surface area contributed by atoms with Crippen molar-refractivity contribution in [1.82, 2.24) is 0 Å².